The van der Waals surface area contributed by atoms with Crippen molar-refractivity contribution in [2.45, 2.75) is 202 Å². The predicted molar refractivity (Wildman–Crippen MR) is 223 cm³/mol. The zero-order valence-corrected chi connectivity index (χ0v) is 34.3. The van der Waals surface area contributed by atoms with E-state index in [1.165, 1.54) is 157 Å². The summed E-state index contributed by atoms with van der Waals surface area (Å²) in [6, 6.07) is 15.7. The molecule has 0 aliphatic heterocycles. The molecule has 0 N–H and O–H groups in total. The minimum Gasteiger partial charge on any atom is -0.252 e. The Balaban J connectivity index is 0.0000125. The van der Waals surface area contributed by atoms with Crippen molar-refractivity contribution < 1.29 is 16.5 Å². The predicted octanol–water partition coefficient (Wildman–Crippen LogP) is 16.1. The van der Waals surface area contributed by atoms with E-state index in [4.69, 9.17) is 9.98 Å². The second-order valence-corrected chi connectivity index (χ2v) is 14.5. The molecule has 0 saturated heterocycles. The van der Waals surface area contributed by atoms with E-state index >= 15 is 0 Å². The van der Waals surface area contributed by atoms with Crippen molar-refractivity contribution in [1.29, 1.82) is 0 Å². The summed E-state index contributed by atoms with van der Waals surface area (Å²) in [5.74, 6) is 0. The number of benzene rings is 2. The molecule has 0 bridgehead atoms. The van der Waals surface area contributed by atoms with E-state index in [1.54, 1.807) is 0 Å². The van der Waals surface area contributed by atoms with Gasteiger partial charge in [-0.15, -0.1) is 0 Å². The molecule has 3 heteroatoms. The molecule has 0 aromatic heterocycles. The van der Waals surface area contributed by atoms with Crippen molar-refractivity contribution in [3.63, 3.8) is 0 Å². The maximum atomic E-state index is 5.33. The van der Waals surface area contributed by atoms with Crippen molar-refractivity contribution in [3.05, 3.63) is 65.2 Å². The first-order valence-corrected chi connectivity index (χ1v) is 21.2. The van der Waals surface area contributed by atoms with Crippen LogP contribution in [0.4, 0.5) is 11.4 Å². The Labute approximate surface area is 320 Å². The van der Waals surface area contributed by atoms with Gasteiger partial charge >= 0.3 is 0 Å². The SMILES string of the molecule is CCCCCCCCCCCCCCCCC/C=C/c1cccc(N=C(CCCCCC)C(CCCC)=Nc2cc(CC)cc(CC)c2)c1.[Ni]. The molecule has 0 fully saturated rings. The van der Waals surface area contributed by atoms with Crippen LogP contribution in [0.25, 0.3) is 6.08 Å². The minimum absolute atomic E-state index is 0. The molecule has 0 aliphatic carbocycles. The van der Waals surface area contributed by atoms with E-state index in [2.05, 4.69) is 89.2 Å². The van der Waals surface area contributed by atoms with E-state index < -0.39 is 0 Å². The summed E-state index contributed by atoms with van der Waals surface area (Å²) in [6.07, 6.45) is 38.4. The number of allylic oxidation sites excluding steroid dienone is 1. The fourth-order valence-electron chi connectivity index (χ4n) is 6.67. The van der Waals surface area contributed by atoms with Gasteiger partial charge in [0.1, 0.15) is 0 Å². The van der Waals surface area contributed by atoms with Crippen LogP contribution in [0.5, 0.6) is 0 Å². The van der Waals surface area contributed by atoms with Crippen molar-refractivity contribution >= 4 is 28.9 Å². The van der Waals surface area contributed by atoms with Gasteiger partial charge in [-0.2, -0.15) is 0 Å². The molecule has 2 rings (SSSR count). The van der Waals surface area contributed by atoms with Gasteiger partial charge in [0.05, 0.1) is 22.8 Å². The van der Waals surface area contributed by atoms with Gasteiger partial charge in [0.25, 0.3) is 0 Å². The first kappa shape index (κ1) is 46.0. The van der Waals surface area contributed by atoms with E-state index in [9.17, 15) is 0 Å². The summed E-state index contributed by atoms with van der Waals surface area (Å²) in [5.41, 5.74) is 8.52. The molecule has 0 heterocycles. The molecular formula is C47H76N2Ni. The molecule has 0 amide bonds. The number of rotatable bonds is 30. The quantitative estimate of drug-likeness (QED) is 0.0435. The summed E-state index contributed by atoms with van der Waals surface area (Å²) < 4.78 is 0. The third-order valence-corrected chi connectivity index (χ3v) is 9.90. The van der Waals surface area contributed by atoms with E-state index in [1.807, 2.05) is 0 Å². The molecule has 0 saturated carbocycles. The van der Waals surface area contributed by atoms with Gasteiger partial charge in [-0.3, -0.25) is 9.98 Å². The topological polar surface area (TPSA) is 24.7 Å². The summed E-state index contributed by atoms with van der Waals surface area (Å²) in [7, 11) is 0. The van der Waals surface area contributed by atoms with E-state index in [0.717, 1.165) is 49.9 Å². The molecule has 0 aliphatic rings. The molecule has 50 heavy (non-hydrogen) atoms. The van der Waals surface area contributed by atoms with Crippen LogP contribution in [0.3, 0.4) is 0 Å². The smallest absolute Gasteiger partial charge is 0.0639 e. The second-order valence-electron chi connectivity index (χ2n) is 14.5. The van der Waals surface area contributed by atoms with Gasteiger partial charge in [-0.1, -0.05) is 181 Å². The van der Waals surface area contributed by atoms with Crippen molar-refractivity contribution in [2.24, 2.45) is 9.98 Å². The van der Waals surface area contributed by atoms with Crippen molar-refractivity contribution in [2.75, 3.05) is 0 Å². The molecule has 2 nitrogen and oxygen atoms in total. The number of aryl methyl sites for hydroxylation is 2. The van der Waals surface area contributed by atoms with E-state index in [0.29, 0.717) is 0 Å². The summed E-state index contributed by atoms with van der Waals surface area (Å²) in [6.45, 7) is 11.3. The molecule has 0 atom stereocenters. The molecule has 2 aromatic carbocycles. The zero-order chi connectivity index (χ0) is 35.2. The summed E-state index contributed by atoms with van der Waals surface area (Å²) in [4.78, 5) is 10.7. The first-order valence-electron chi connectivity index (χ1n) is 21.2. The van der Waals surface area contributed by atoms with Crippen molar-refractivity contribution in [3.8, 4) is 0 Å². The maximum absolute atomic E-state index is 5.33. The summed E-state index contributed by atoms with van der Waals surface area (Å²) >= 11 is 0. The monoisotopic (exact) mass is 727 g/mol. The third kappa shape index (κ3) is 22.1. The summed E-state index contributed by atoms with van der Waals surface area (Å²) in [5, 5.41) is 0. The fraction of sp³-hybridized carbons (Fsp3) is 0.660. The van der Waals surface area contributed by atoms with Gasteiger partial charge in [0, 0.05) is 16.5 Å². The third-order valence-electron chi connectivity index (χ3n) is 9.90. The Morgan fingerprint density at radius 3 is 1.46 bits per heavy atom. The standard InChI is InChI=1S/C47H76N2.Ni/c1-6-11-14-16-17-18-19-20-21-22-23-24-25-26-27-28-29-32-43-33-31-34-44(40-43)48-47(36-30-15-12-7-2)46(35-13-8-3)49-45-38-41(9-4)37-42(10-5)39-45;/h29,31-34,37-40H,6-28,30,35-36H2,1-5H3;/b32-29+,48-47?,49-46?;. The van der Waals surface area contributed by atoms with E-state index in [-0.39, 0.29) is 16.5 Å². The van der Waals surface area contributed by atoms with Crippen LogP contribution >= 0.6 is 0 Å². The Morgan fingerprint density at radius 1 is 0.480 bits per heavy atom. The Hall–Kier alpha value is -1.99. The fourth-order valence-corrected chi connectivity index (χ4v) is 6.67. The molecule has 0 unspecified atom stereocenters. The normalized spacial score (nSPS) is 12.2. The molecule has 0 spiro atoms. The molecule has 284 valence electrons. The Bertz CT molecular complexity index is 1170. The van der Waals surface area contributed by atoms with Gasteiger partial charge < -0.3 is 0 Å². The van der Waals surface area contributed by atoms with Crippen LogP contribution in [0.2, 0.25) is 0 Å². The number of aliphatic imine (C=N–C) groups is 2. The van der Waals surface area contributed by atoms with Crippen LogP contribution in [0.1, 0.15) is 205 Å². The maximum Gasteiger partial charge on any atom is 0.0639 e. The van der Waals surface area contributed by atoms with Gasteiger partial charge in [0.15, 0.2) is 0 Å². The van der Waals surface area contributed by atoms with Gasteiger partial charge in [-0.25, -0.2) is 0 Å². The second kappa shape index (κ2) is 31.7. The molecule has 2 aromatic rings. The Kier molecular flexibility index (Phi) is 29.2. The van der Waals surface area contributed by atoms with Gasteiger partial charge in [0.2, 0.25) is 0 Å². The number of unbranched alkanes of at least 4 members (excludes halogenated alkanes) is 19. The average Bonchev–Trinajstić information content (AvgIpc) is 3.12. The number of hydrogen-bond acceptors (Lipinski definition) is 2. The molecular weight excluding hydrogens is 651 g/mol. The van der Waals surface area contributed by atoms with Crippen LogP contribution in [-0.2, 0) is 29.3 Å². The van der Waals surface area contributed by atoms with Crippen LogP contribution in [0, 0.1) is 0 Å². The van der Waals surface area contributed by atoms with Crippen molar-refractivity contribution in [1.82, 2.24) is 0 Å². The molecule has 0 radical (unpaired) electrons. The van der Waals surface area contributed by atoms with Crippen LogP contribution < -0.4 is 0 Å². The number of hydrogen-bond donors (Lipinski definition) is 0. The average molecular weight is 728 g/mol. The van der Waals surface area contributed by atoms with Gasteiger partial charge in [-0.05, 0) is 92.3 Å². The minimum atomic E-state index is 0. The van der Waals surface area contributed by atoms with Crippen LogP contribution in [-0.4, -0.2) is 11.4 Å². The Morgan fingerprint density at radius 2 is 0.940 bits per heavy atom. The number of nitrogens with zero attached hydrogens (tertiary/aromatic N) is 2. The zero-order valence-electron chi connectivity index (χ0n) is 33.3. The van der Waals surface area contributed by atoms with Crippen LogP contribution in [0.15, 0.2) is 58.5 Å². The first-order chi connectivity index (χ1) is 24.1. The largest absolute Gasteiger partial charge is 0.252 e.